The number of carbonyl (C=O) groups excluding carboxylic acids is 2. The number of para-hydroxylation sites is 1. The molecule has 0 aliphatic rings. The lowest BCUT2D eigenvalue weighted by Gasteiger charge is -2.22. The zero-order valence-electron chi connectivity index (χ0n) is 9.91. The number of ketones is 2. The lowest BCUT2D eigenvalue weighted by molar-refractivity contribution is -0.379. The minimum Gasteiger partial charge on any atom is -0.872 e. The van der Waals surface area contributed by atoms with Crippen LogP contribution >= 0.6 is 0 Å². The monoisotopic (exact) mass is 254 g/mol. The number of carbonyl (C=O) groups is 2. The van der Waals surface area contributed by atoms with E-state index in [9.17, 15) is 19.8 Å². The van der Waals surface area contributed by atoms with E-state index in [-0.39, 0.29) is 11.1 Å². The number of benzene rings is 2. The molecule has 0 aromatic heterocycles. The van der Waals surface area contributed by atoms with Crippen LogP contribution in [0.4, 0.5) is 0 Å². The smallest absolute Gasteiger partial charge is 0.157 e. The molecule has 0 aliphatic heterocycles. The molecule has 0 heterocycles. The summed E-state index contributed by atoms with van der Waals surface area (Å²) in [6.45, 7) is 0. The largest absolute Gasteiger partial charge is 0.872 e. The van der Waals surface area contributed by atoms with Crippen LogP contribution in [-0.2, 0) is 0 Å². The van der Waals surface area contributed by atoms with Crippen molar-refractivity contribution in [3.63, 3.8) is 0 Å². The van der Waals surface area contributed by atoms with Gasteiger partial charge in [0.25, 0.3) is 0 Å². The molecule has 96 valence electrons. The Bertz CT molecular complexity index is 605. The van der Waals surface area contributed by atoms with Gasteiger partial charge >= 0.3 is 0 Å². The fourth-order valence-corrected chi connectivity index (χ4v) is 1.68. The lowest BCUT2D eigenvalue weighted by Crippen LogP contribution is -2.42. The van der Waals surface area contributed by atoms with Gasteiger partial charge < -0.3 is 10.2 Å². The maximum absolute atomic E-state index is 11.8. The van der Waals surface area contributed by atoms with Gasteiger partial charge in [-0.2, -0.15) is 0 Å². The van der Waals surface area contributed by atoms with Gasteiger partial charge in [0.1, 0.15) is 0 Å². The van der Waals surface area contributed by atoms with E-state index in [4.69, 9.17) is 0 Å². The molecular formula is C15H10O4-2. The van der Waals surface area contributed by atoms with E-state index in [1.54, 1.807) is 18.2 Å². The molecule has 4 nitrogen and oxygen atoms in total. The summed E-state index contributed by atoms with van der Waals surface area (Å²) in [5.74, 6) is -2.36. The summed E-state index contributed by atoms with van der Waals surface area (Å²) in [7, 11) is 0. The summed E-state index contributed by atoms with van der Waals surface area (Å²) in [5.41, 5.74) is -0.0778. The summed E-state index contributed by atoms with van der Waals surface area (Å²) in [4.78, 5) is 23.7. The van der Waals surface area contributed by atoms with Gasteiger partial charge in [-0.15, -0.1) is 0 Å². The zero-order chi connectivity index (χ0) is 13.8. The molecule has 0 bridgehead atoms. The summed E-state index contributed by atoms with van der Waals surface area (Å²) in [5, 5.41) is 23.3. The second kappa shape index (κ2) is 5.46. The Labute approximate surface area is 109 Å². The van der Waals surface area contributed by atoms with Gasteiger partial charge in [0.15, 0.2) is 11.6 Å². The highest BCUT2D eigenvalue weighted by molar-refractivity contribution is 6.18. The van der Waals surface area contributed by atoms with Gasteiger partial charge in [-0.3, -0.25) is 9.59 Å². The Hall–Kier alpha value is -2.46. The summed E-state index contributed by atoms with van der Waals surface area (Å²) in [6.07, 6.45) is -2.10. The average Bonchev–Trinajstić information content (AvgIpc) is 2.46. The van der Waals surface area contributed by atoms with Crippen molar-refractivity contribution in [1.82, 2.24) is 0 Å². The van der Waals surface area contributed by atoms with Crippen LogP contribution in [0.1, 0.15) is 20.7 Å². The Kier molecular flexibility index (Phi) is 3.73. The Morgan fingerprint density at radius 2 is 1.42 bits per heavy atom. The average molecular weight is 254 g/mol. The molecule has 4 heteroatoms. The topological polar surface area (TPSA) is 80.3 Å². The lowest BCUT2D eigenvalue weighted by atomic mass is 9.98. The maximum atomic E-state index is 11.8. The summed E-state index contributed by atoms with van der Waals surface area (Å²) < 4.78 is 0. The van der Waals surface area contributed by atoms with Crippen molar-refractivity contribution in [2.45, 2.75) is 6.10 Å². The highest BCUT2D eigenvalue weighted by Gasteiger charge is 2.18. The van der Waals surface area contributed by atoms with Crippen molar-refractivity contribution >= 4 is 11.6 Å². The van der Waals surface area contributed by atoms with E-state index >= 15 is 0 Å². The van der Waals surface area contributed by atoms with Crippen molar-refractivity contribution in [3.8, 4) is 5.75 Å². The van der Waals surface area contributed by atoms with E-state index in [1.807, 2.05) is 0 Å². The van der Waals surface area contributed by atoms with Crippen LogP contribution in [0.2, 0.25) is 0 Å². The zero-order valence-corrected chi connectivity index (χ0v) is 9.91. The van der Waals surface area contributed by atoms with Crippen LogP contribution in [0.15, 0.2) is 54.6 Å². The SMILES string of the molecule is O=C(c1ccccc1)C([O-])C(=O)c1ccccc1[O-]. The van der Waals surface area contributed by atoms with E-state index in [0.717, 1.165) is 0 Å². The van der Waals surface area contributed by atoms with Crippen molar-refractivity contribution in [2.75, 3.05) is 0 Å². The predicted octanol–water partition coefficient (Wildman–Crippen LogP) is 0.555. The van der Waals surface area contributed by atoms with Gasteiger partial charge in [-0.05, 0) is 0 Å². The second-order valence-electron chi connectivity index (χ2n) is 3.97. The molecule has 0 radical (unpaired) electrons. The first kappa shape index (κ1) is 13.0. The molecule has 0 saturated carbocycles. The van der Waals surface area contributed by atoms with Crippen LogP contribution in [0.3, 0.4) is 0 Å². The van der Waals surface area contributed by atoms with Gasteiger partial charge in [0.2, 0.25) is 0 Å². The molecule has 0 spiro atoms. The van der Waals surface area contributed by atoms with Crippen LogP contribution in [0.25, 0.3) is 0 Å². The van der Waals surface area contributed by atoms with E-state index in [0.29, 0.717) is 0 Å². The number of Topliss-reactive ketones (excluding diaryl/α,β-unsaturated/α-hetero) is 2. The van der Waals surface area contributed by atoms with Gasteiger partial charge in [-0.1, -0.05) is 60.3 Å². The third kappa shape index (κ3) is 2.69. The Morgan fingerprint density at radius 3 is 2.05 bits per heavy atom. The highest BCUT2D eigenvalue weighted by Crippen LogP contribution is 2.15. The first-order chi connectivity index (χ1) is 9.11. The molecule has 0 saturated heterocycles. The molecule has 0 aliphatic carbocycles. The molecule has 0 N–H and O–H groups in total. The molecule has 0 amide bonds. The third-order valence-corrected chi connectivity index (χ3v) is 2.69. The Balaban J connectivity index is 2.26. The Morgan fingerprint density at radius 1 is 0.842 bits per heavy atom. The van der Waals surface area contributed by atoms with Crippen LogP contribution in [0, 0.1) is 0 Å². The molecule has 1 atom stereocenters. The fraction of sp³-hybridized carbons (Fsp3) is 0.0667. The summed E-state index contributed by atoms with van der Waals surface area (Å²) >= 11 is 0. The van der Waals surface area contributed by atoms with Crippen LogP contribution in [-0.4, -0.2) is 17.7 Å². The molecule has 19 heavy (non-hydrogen) atoms. The molecule has 2 aromatic carbocycles. The molecule has 1 unspecified atom stereocenters. The first-order valence-electron chi connectivity index (χ1n) is 5.66. The number of hydrogen-bond donors (Lipinski definition) is 0. The fourth-order valence-electron chi connectivity index (χ4n) is 1.68. The first-order valence-corrected chi connectivity index (χ1v) is 5.66. The summed E-state index contributed by atoms with van der Waals surface area (Å²) in [6, 6.07) is 13.2. The standard InChI is InChI=1S/C15H11O4/c16-12-9-5-4-8-11(12)14(18)15(19)13(17)10-6-2-1-3-7-10/h1-9,15-16H/q-1/p-1. The third-order valence-electron chi connectivity index (χ3n) is 2.69. The minimum absolute atomic E-state index is 0.166. The minimum atomic E-state index is -2.10. The normalized spacial score (nSPS) is 11.8. The molecular weight excluding hydrogens is 244 g/mol. The second-order valence-corrected chi connectivity index (χ2v) is 3.97. The van der Waals surface area contributed by atoms with Crippen LogP contribution < -0.4 is 10.2 Å². The van der Waals surface area contributed by atoms with Crippen molar-refractivity contribution < 1.29 is 19.8 Å². The quantitative estimate of drug-likeness (QED) is 0.589. The van der Waals surface area contributed by atoms with Gasteiger partial charge in [0, 0.05) is 17.2 Å². The number of hydrogen-bond acceptors (Lipinski definition) is 4. The van der Waals surface area contributed by atoms with Gasteiger partial charge in [-0.25, -0.2) is 0 Å². The van der Waals surface area contributed by atoms with Crippen molar-refractivity contribution in [2.24, 2.45) is 0 Å². The maximum Gasteiger partial charge on any atom is 0.157 e. The van der Waals surface area contributed by atoms with Crippen molar-refractivity contribution in [1.29, 1.82) is 0 Å². The predicted molar refractivity (Wildman–Crippen MR) is 64.8 cm³/mol. The molecule has 2 aromatic rings. The van der Waals surface area contributed by atoms with Gasteiger partial charge in [0.05, 0.1) is 0 Å². The molecule has 2 rings (SSSR count). The van der Waals surface area contributed by atoms with E-state index < -0.39 is 23.4 Å². The van der Waals surface area contributed by atoms with Crippen LogP contribution in [0.5, 0.6) is 5.75 Å². The number of rotatable bonds is 4. The highest BCUT2D eigenvalue weighted by atomic mass is 16.3. The van der Waals surface area contributed by atoms with E-state index in [2.05, 4.69) is 0 Å². The van der Waals surface area contributed by atoms with E-state index in [1.165, 1.54) is 36.4 Å². The molecule has 0 fully saturated rings. The van der Waals surface area contributed by atoms with Crippen molar-refractivity contribution in [3.05, 3.63) is 65.7 Å².